The third kappa shape index (κ3) is 14.8. The number of nitrogens with zero attached hydrogens (tertiary/aromatic N) is 19. The Morgan fingerprint density at radius 3 is 1.01 bits per heavy atom. The van der Waals surface area contributed by atoms with Gasteiger partial charge in [0, 0.05) is 43.3 Å². The van der Waals surface area contributed by atoms with Crippen molar-refractivity contribution in [2.45, 2.75) is 0 Å². The lowest BCUT2D eigenvalue weighted by Crippen LogP contribution is -2.17. The lowest BCUT2D eigenvalue weighted by atomic mass is 10.3. The molecule has 9 aromatic heterocycles. The lowest BCUT2D eigenvalue weighted by molar-refractivity contribution is -0.391. The van der Waals surface area contributed by atoms with Crippen LogP contribution < -0.4 is 31.9 Å². The third-order valence-electron chi connectivity index (χ3n) is 13.7. The first-order chi connectivity index (χ1) is 46.9. The summed E-state index contributed by atoms with van der Waals surface area (Å²) < 4.78 is 8.96. The van der Waals surface area contributed by atoms with Gasteiger partial charge in [0.2, 0.25) is 0 Å². The van der Waals surface area contributed by atoms with E-state index in [0.717, 1.165) is 77.0 Å². The van der Waals surface area contributed by atoms with Crippen LogP contribution in [-0.2, 0) is 42.3 Å². The van der Waals surface area contributed by atoms with Crippen LogP contribution in [-0.4, -0.2) is 128 Å². The topological polar surface area (TPSA) is 553 Å². The average molecular weight is 1410 g/mol. The second-order valence-electron chi connectivity index (χ2n) is 20.3. The number of anilines is 6. The number of amides is 6. The molecule has 0 bridgehead atoms. The van der Waals surface area contributed by atoms with Crippen molar-refractivity contribution in [3.63, 3.8) is 0 Å². The second-order valence-corrected chi connectivity index (χ2v) is 23.4. The SMILES string of the molecule is Cn1c([N+](=O)[O-])cnc1C(=O)Nc1ccc2nc(NC(=O)c3ncc([N+](=O)[O-])n3C)sc2c1.Cn1cc([N+](=O)[O-])cc1C(=O)Nc1ccc2nc(NC(=O)c3cc([N+](=O)[O-])cn3C)sc2c1.Cn1nc([N+](=O)[O-])cc1C(=O)Nc1ccc2nc(NC(=O)c3cc([N+](=O)[O-])nn3C)sc2c1. The van der Waals surface area contributed by atoms with E-state index in [1.54, 1.807) is 54.6 Å². The summed E-state index contributed by atoms with van der Waals surface area (Å²) in [6, 6.07) is 19.0. The smallest absolute Gasteiger partial charge is 0.358 e. The average Bonchev–Trinajstić information content (AvgIpc) is 1.69. The Hall–Kier alpha value is -14.1. The molecule has 0 unspecified atom stereocenters. The first-order valence-corrected chi connectivity index (χ1v) is 29.8. The molecule has 0 aliphatic rings. The van der Waals surface area contributed by atoms with Gasteiger partial charge in [-0.25, -0.2) is 34.1 Å². The molecule has 99 heavy (non-hydrogen) atoms. The van der Waals surface area contributed by atoms with E-state index >= 15 is 0 Å². The minimum Gasteiger partial charge on any atom is -0.358 e. The molecular weight excluding hydrogens is 1370 g/mol. The maximum absolute atomic E-state index is 12.5. The Kier molecular flexibility index (Phi) is 18.8. The highest BCUT2D eigenvalue weighted by atomic mass is 32.1. The number of imidazole rings is 2. The van der Waals surface area contributed by atoms with E-state index < -0.39 is 76.6 Å². The van der Waals surface area contributed by atoms with Crippen molar-refractivity contribution >= 4 is 167 Å². The number of hydrogen-bond donors (Lipinski definition) is 6. The first kappa shape index (κ1) is 67.8. The van der Waals surface area contributed by atoms with Crippen LogP contribution in [0.3, 0.4) is 0 Å². The number of rotatable bonds is 18. The van der Waals surface area contributed by atoms with Crippen LogP contribution in [0, 0.1) is 60.7 Å². The van der Waals surface area contributed by atoms with Crippen LogP contribution in [0.2, 0.25) is 0 Å². The van der Waals surface area contributed by atoms with E-state index in [1.165, 1.54) is 75.9 Å². The molecular formula is C53H41N25O18S3. The van der Waals surface area contributed by atoms with E-state index in [1.807, 2.05) is 0 Å². The van der Waals surface area contributed by atoms with Gasteiger partial charge in [-0.2, -0.15) is 9.36 Å². The molecule has 0 spiro atoms. The van der Waals surface area contributed by atoms with Crippen LogP contribution >= 0.6 is 34.0 Å². The first-order valence-electron chi connectivity index (χ1n) is 27.3. The lowest BCUT2D eigenvalue weighted by Gasteiger charge is -2.05. The molecule has 6 N–H and O–H groups in total. The van der Waals surface area contributed by atoms with Crippen molar-refractivity contribution in [2.24, 2.45) is 42.3 Å². The van der Waals surface area contributed by atoms with Gasteiger partial charge in [-0.1, -0.05) is 34.0 Å². The number of carbonyl (C=O) groups is 6. The molecule has 0 aliphatic carbocycles. The van der Waals surface area contributed by atoms with Gasteiger partial charge >= 0.3 is 35.1 Å². The molecule has 3 aromatic carbocycles. The number of aryl methyl sites for hydroxylation is 4. The van der Waals surface area contributed by atoms with Gasteiger partial charge in [0.05, 0.1) is 103 Å². The highest BCUT2D eigenvalue weighted by molar-refractivity contribution is 7.23. The van der Waals surface area contributed by atoms with Crippen molar-refractivity contribution in [1.29, 1.82) is 0 Å². The van der Waals surface area contributed by atoms with Crippen molar-refractivity contribution in [2.75, 3.05) is 31.9 Å². The molecule has 0 fully saturated rings. The van der Waals surface area contributed by atoms with Crippen LogP contribution in [0.1, 0.15) is 63.2 Å². The summed E-state index contributed by atoms with van der Waals surface area (Å²) in [5.74, 6) is -5.44. The van der Waals surface area contributed by atoms with Gasteiger partial charge in [-0.05, 0) is 74.3 Å². The Morgan fingerprint density at radius 2 is 0.697 bits per heavy atom. The van der Waals surface area contributed by atoms with Gasteiger partial charge in [-0.3, -0.25) is 64.9 Å². The zero-order chi connectivity index (χ0) is 71.6. The minimum absolute atomic E-state index is 0.00400. The van der Waals surface area contributed by atoms with Gasteiger partial charge in [0.15, 0.2) is 26.8 Å². The fourth-order valence-electron chi connectivity index (χ4n) is 9.04. The van der Waals surface area contributed by atoms with E-state index in [-0.39, 0.29) is 72.8 Å². The van der Waals surface area contributed by atoms with Gasteiger partial charge < -0.3 is 65.5 Å². The largest absolute Gasteiger partial charge is 0.390 e. The van der Waals surface area contributed by atoms with Crippen molar-refractivity contribution < 1.29 is 58.3 Å². The predicted octanol–water partition coefficient (Wildman–Crippen LogP) is 7.46. The number of thiazole rings is 3. The van der Waals surface area contributed by atoms with Crippen molar-refractivity contribution in [3.05, 3.63) is 199 Å². The molecule has 12 aromatic rings. The van der Waals surface area contributed by atoms with Crippen LogP contribution in [0.5, 0.6) is 0 Å². The zero-order valence-corrected chi connectivity index (χ0v) is 53.3. The Bertz CT molecular complexity index is 4820. The molecule has 0 radical (unpaired) electrons. The maximum Gasteiger partial charge on any atom is 0.390 e. The summed E-state index contributed by atoms with van der Waals surface area (Å²) in [6.45, 7) is 0. The number of hydrogen-bond acceptors (Lipinski definition) is 28. The summed E-state index contributed by atoms with van der Waals surface area (Å²) >= 11 is 3.39. The standard InChI is InChI=1S/C19H15N7O6S.2C17H13N9O6S/c1-23-8-11(25(29)30)6-14(23)17(27)20-10-3-4-13-16(5-10)33-19(21-13)22-18(28)15-7-12(26(31)32)9-24(15)2;1-23-10(6-13(21-23)25(29)30)15(27)18-8-3-4-9-12(5-8)33-17(19-9)20-16(28)11-7-14(26(31)32)22-24(11)2;1-23-11(25(29)30)6-18-13(23)15(27)20-8-3-4-9-10(5-8)33-17(21-9)22-16(28)14-19-7-12(24(14)2)26(31)32/h3-9H,1-2H3,(H,20,27)(H,21,22,28);3-7H,1-2H3,(H,18,27)(H,19,20,28);3-7H,1-2H3,(H,20,27)(H,21,22,28). The Balaban J connectivity index is 0.000000161. The molecule has 0 aliphatic heterocycles. The molecule has 9 heterocycles. The molecule has 504 valence electrons. The normalized spacial score (nSPS) is 10.8. The monoisotopic (exact) mass is 1410 g/mol. The van der Waals surface area contributed by atoms with Gasteiger partial charge in [-0.15, -0.1) is 0 Å². The van der Waals surface area contributed by atoms with Crippen molar-refractivity contribution in [3.8, 4) is 0 Å². The number of nitro groups is 6. The third-order valence-corrected chi connectivity index (χ3v) is 16.5. The fourth-order valence-corrected chi connectivity index (χ4v) is 11.7. The minimum atomic E-state index is -0.700. The summed E-state index contributed by atoms with van der Waals surface area (Å²) in [6.07, 6.45) is 4.46. The van der Waals surface area contributed by atoms with Crippen LogP contribution in [0.4, 0.5) is 67.1 Å². The summed E-state index contributed by atoms with van der Waals surface area (Å²) in [7, 11) is 8.59. The second kappa shape index (κ2) is 27.5. The van der Waals surface area contributed by atoms with Crippen molar-refractivity contribution in [1.82, 2.24) is 62.7 Å². The molecule has 0 saturated carbocycles. The molecule has 43 nitrogen and oxygen atoms in total. The van der Waals surface area contributed by atoms with E-state index in [4.69, 9.17) is 0 Å². The zero-order valence-electron chi connectivity index (χ0n) is 50.9. The molecule has 6 amide bonds. The predicted molar refractivity (Wildman–Crippen MR) is 350 cm³/mol. The molecule has 0 saturated heterocycles. The fraction of sp³-hybridized carbons (Fsp3) is 0.113. The van der Waals surface area contributed by atoms with E-state index in [0.29, 0.717) is 47.7 Å². The van der Waals surface area contributed by atoms with Gasteiger partial charge in [0.1, 0.15) is 23.8 Å². The number of carbonyl (C=O) groups excluding carboxylic acids is 6. The summed E-state index contributed by atoms with van der Waals surface area (Å²) in [4.78, 5) is 157. The number of fused-ring (bicyclic) bond motifs is 3. The Labute approximate surface area is 558 Å². The number of aromatic nitrogens is 13. The maximum atomic E-state index is 12.5. The molecule has 0 atom stereocenters. The Morgan fingerprint density at radius 1 is 0.384 bits per heavy atom. The summed E-state index contributed by atoms with van der Waals surface area (Å²) in [5.41, 5.74) is 2.70. The quantitative estimate of drug-likeness (QED) is 0.0358. The van der Waals surface area contributed by atoms with Gasteiger partial charge in [0.25, 0.3) is 46.7 Å². The van der Waals surface area contributed by atoms with E-state index in [9.17, 15) is 89.5 Å². The van der Waals surface area contributed by atoms with E-state index in [2.05, 4.69) is 67.0 Å². The van der Waals surface area contributed by atoms with Crippen LogP contribution in [0.25, 0.3) is 30.6 Å². The van der Waals surface area contributed by atoms with Crippen LogP contribution in [0.15, 0.2) is 104 Å². The molecule has 12 rings (SSSR count). The molecule has 46 heteroatoms. The summed E-state index contributed by atoms with van der Waals surface area (Å²) in [5, 5.41) is 89.0. The number of nitrogens with one attached hydrogen (secondary N) is 6. The highest BCUT2D eigenvalue weighted by Crippen LogP contribution is 2.33. The number of benzene rings is 3. The highest BCUT2D eigenvalue weighted by Gasteiger charge is 2.28.